The Labute approximate surface area is 163 Å². The normalized spacial score (nSPS) is 16.2. The fourth-order valence-corrected chi connectivity index (χ4v) is 3.00. The Balaban J connectivity index is 1.75. The molecule has 0 saturated carbocycles. The standard InChI is InChI=1S/C19H23FN6O2/c1-24(2)17-15(10-21-19(23-17)25(3)4)22-18(28)12-9-16(27)26(11-12)14-7-5-13(20)6-8-14/h5-8,10,12H,9,11H2,1-4H3,(H,22,28). The highest BCUT2D eigenvalue weighted by atomic mass is 19.1. The first-order chi connectivity index (χ1) is 13.3. The summed E-state index contributed by atoms with van der Waals surface area (Å²) in [5.74, 6) is -0.226. The summed E-state index contributed by atoms with van der Waals surface area (Å²) >= 11 is 0. The number of amides is 2. The molecule has 2 aromatic rings. The molecule has 148 valence electrons. The monoisotopic (exact) mass is 386 g/mol. The lowest BCUT2D eigenvalue weighted by atomic mass is 10.1. The number of anilines is 4. The van der Waals surface area contributed by atoms with Gasteiger partial charge in [0.25, 0.3) is 0 Å². The number of hydrogen-bond acceptors (Lipinski definition) is 6. The molecule has 1 aliphatic rings. The molecule has 3 rings (SSSR count). The number of hydrogen-bond donors (Lipinski definition) is 1. The van der Waals surface area contributed by atoms with E-state index in [1.54, 1.807) is 16.0 Å². The Morgan fingerprint density at radius 2 is 1.86 bits per heavy atom. The van der Waals surface area contributed by atoms with Crippen molar-refractivity contribution in [2.75, 3.05) is 54.8 Å². The minimum absolute atomic E-state index is 0.0944. The zero-order valence-corrected chi connectivity index (χ0v) is 16.3. The van der Waals surface area contributed by atoms with Crippen molar-refractivity contribution in [3.05, 3.63) is 36.3 Å². The Morgan fingerprint density at radius 1 is 1.18 bits per heavy atom. The predicted octanol–water partition coefficient (Wildman–Crippen LogP) is 1.74. The summed E-state index contributed by atoms with van der Waals surface area (Å²) in [5, 5.41) is 2.84. The van der Waals surface area contributed by atoms with Gasteiger partial charge >= 0.3 is 0 Å². The Bertz CT molecular complexity index is 884. The molecule has 1 atom stereocenters. The average Bonchev–Trinajstić information content (AvgIpc) is 3.04. The highest BCUT2D eigenvalue weighted by Gasteiger charge is 2.35. The minimum Gasteiger partial charge on any atom is -0.361 e. The van der Waals surface area contributed by atoms with Crippen LogP contribution in [0.15, 0.2) is 30.5 Å². The molecule has 1 N–H and O–H groups in total. The van der Waals surface area contributed by atoms with E-state index < -0.39 is 5.92 Å². The third-order valence-electron chi connectivity index (χ3n) is 4.47. The summed E-state index contributed by atoms with van der Waals surface area (Å²) in [7, 11) is 7.32. The van der Waals surface area contributed by atoms with E-state index in [1.807, 2.05) is 28.2 Å². The van der Waals surface area contributed by atoms with Crippen LogP contribution >= 0.6 is 0 Å². The van der Waals surface area contributed by atoms with Crippen LogP contribution in [0, 0.1) is 11.7 Å². The lowest BCUT2D eigenvalue weighted by Crippen LogP contribution is -2.29. The van der Waals surface area contributed by atoms with E-state index in [4.69, 9.17) is 0 Å². The number of halogens is 1. The van der Waals surface area contributed by atoms with E-state index in [1.165, 1.54) is 29.2 Å². The van der Waals surface area contributed by atoms with Crippen molar-refractivity contribution < 1.29 is 14.0 Å². The molecule has 1 saturated heterocycles. The van der Waals surface area contributed by atoms with Crippen molar-refractivity contribution in [2.45, 2.75) is 6.42 Å². The zero-order valence-electron chi connectivity index (χ0n) is 16.3. The van der Waals surface area contributed by atoms with Gasteiger partial charge in [0.15, 0.2) is 5.82 Å². The second-order valence-electron chi connectivity index (χ2n) is 7.07. The van der Waals surface area contributed by atoms with Gasteiger partial charge in [-0.15, -0.1) is 0 Å². The first kappa shape index (κ1) is 19.5. The molecule has 28 heavy (non-hydrogen) atoms. The van der Waals surface area contributed by atoms with Gasteiger partial charge in [0.1, 0.15) is 11.5 Å². The van der Waals surface area contributed by atoms with Crippen molar-refractivity contribution in [3.8, 4) is 0 Å². The Kier molecular flexibility index (Phi) is 5.43. The smallest absolute Gasteiger partial charge is 0.229 e. The molecule has 0 bridgehead atoms. The Morgan fingerprint density at radius 3 is 2.46 bits per heavy atom. The van der Waals surface area contributed by atoms with Gasteiger partial charge in [-0.1, -0.05) is 0 Å². The van der Waals surface area contributed by atoms with Crippen molar-refractivity contribution in [1.29, 1.82) is 0 Å². The number of nitrogens with one attached hydrogen (secondary N) is 1. The molecule has 2 amide bonds. The zero-order chi connectivity index (χ0) is 20.4. The van der Waals surface area contributed by atoms with Crippen LogP contribution in [0.1, 0.15) is 6.42 Å². The maximum atomic E-state index is 13.1. The SMILES string of the molecule is CN(C)c1ncc(NC(=O)C2CC(=O)N(c3ccc(F)cc3)C2)c(N(C)C)n1. The third-order valence-corrected chi connectivity index (χ3v) is 4.47. The minimum atomic E-state index is -0.513. The van der Waals surface area contributed by atoms with Crippen LogP contribution in [0.3, 0.4) is 0 Å². The van der Waals surface area contributed by atoms with Crippen LogP contribution in [-0.4, -0.2) is 56.5 Å². The fraction of sp³-hybridized carbons (Fsp3) is 0.368. The van der Waals surface area contributed by atoms with Gasteiger partial charge in [0, 0.05) is 46.8 Å². The van der Waals surface area contributed by atoms with Crippen LogP contribution in [0.4, 0.5) is 27.5 Å². The molecule has 1 aromatic carbocycles. The van der Waals surface area contributed by atoms with Gasteiger partial charge in [-0.05, 0) is 24.3 Å². The van der Waals surface area contributed by atoms with Gasteiger partial charge < -0.3 is 20.0 Å². The van der Waals surface area contributed by atoms with Gasteiger partial charge in [0.2, 0.25) is 17.8 Å². The van der Waals surface area contributed by atoms with E-state index in [2.05, 4.69) is 15.3 Å². The maximum Gasteiger partial charge on any atom is 0.229 e. The van der Waals surface area contributed by atoms with Crippen molar-refractivity contribution in [2.24, 2.45) is 5.92 Å². The van der Waals surface area contributed by atoms with Crippen LogP contribution < -0.4 is 20.0 Å². The van der Waals surface area contributed by atoms with E-state index in [0.717, 1.165) is 0 Å². The molecule has 0 radical (unpaired) electrons. The average molecular weight is 386 g/mol. The van der Waals surface area contributed by atoms with E-state index in [9.17, 15) is 14.0 Å². The topological polar surface area (TPSA) is 81.7 Å². The first-order valence-corrected chi connectivity index (χ1v) is 8.84. The number of carbonyl (C=O) groups excluding carboxylic acids is 2. The molecule has 8 nitrogen and oxygen atoms in total. The summed E-state index contributed by atoms with van der Waals surface area (Å²) in [6, 6.07) is 5.66. The summed E-state index contributed by atoms with van der Waals surface area (Å²) in [4.78, 5) is 38.8. The summed E-state index contributed by atoms with van der Waals surface area (Å²) in [6.45, 7) is 0.240. The number of nitrogens with zero attached hydrogens (tertiary/aromatic N) is 5. The molecule has 0 spiro atoms. The van der Waals surface area contributed by atoms with Gasteiger partial charge in [-0.3, -0.25) is 9.59 Å². The quantitative estimate of drug-likeness (QED) is 0.843. The molecular weight excluding hydrogens is 363 g/mol. The summed E-state index contributed by atoms with van der Waals surface area (Å²) in [5.41, 5.74) is 1.06. The highest BCUT2D eigenvalue weighted by molar-refractivity contribution is 6.04. The maximum absolute atomic E-state index is 13.1. The molecule has 9 heteroatoms. The van der Waals surface area contributed by atoms with E-state index in [-0.39, 0.29) is 30.6 Å². The van der Waals surface area contributed by atoms with Gasteiger partial charge in [-0.25, -0.2) is 9.37 Å². The molecule has 1 aromatic heterocycles. The second-order valence-corrected chi connectivity index (χ2v) is 7.07. The van der Waals surface area contributed by atoms with E-state index in [0.29, 0.717) is 23.1 Å². The van der Waals surface area contributed by atoms with Crippen LogP contribution in [-0.2, 0) is 9.59 Å². The van der Waals surface area contributed by atoms with Crippen molar-refractivity contribution in [3.63, 3.8) is 0 Å². The lowest BCUT2D eigenvalue weighted by Gasteiger charge is -2.20. The molecule has 1 fully saturated rings. The fourth-order valence-electron chi connectivity index (χ4n) is 3.00. The van der Waals surface area contributed by atoms with Crippen molar-refractivity contribution >= 4 is 35.0 Å². The number of rotatable bonds is 5. The summed E-state index contributed by atoms with van der Waals surface area (Å²) in [6.07, 6.45) is 1.65. The number of benzene rings is 1. The largest absolute Gasteiger partial charge is 0.361 e. The molecule has 1 unspecified atom stereocenters. The lowest BCUT2D eigenvalue weighted by molar-refractivity contribution is -0.122. The Hall–Kier alpha value is -3.23. The summed E-state index contributed by atoms with van der Waals surface area (Å²) < 4.78 is 13.1. The third kappa shape index (κ3) is 4.03. The van der Waals surface area contributed by atoms with Crippen LogP contribution in [0.25, 0.3) is 0 Å². The molecule has 1 aliphatic heterocycles. The van der Waals surface area contributed by atoms with Gasteiger partial charge in [-0.2, -0.15) is 4.98 Å². The van der Waals surface area contributed by atoms with E-state index >= 15 is 0 Å². The molecule has 2 heterocycles. The first-order valence-electron chi connectivity index (χ1n) is 8.84. The van der Waals surface area contributed by atoms with Crippen LogP contribution in [0.2, 0.25) is 0 Å². The second kappa shape index (κ2) is 7.79. The molecule has 0 aliphatic carbocycles. The van der Waals surface area contributed by atoms with Crippen molar-refractivity contribution in [1.82, 2.24) is 9.97 Å². The number of carbonyl (C=O) groups is 2. The number of aromatic nitrogens is 2. The molecular formula is C19H23FN6O2. The highest BCUT2D eigenvalue weighted by Crippen LogP contribution is 2.28. The predicted molar refractivity (Wildman–Crippen MR) is 106 cm³/mol. The van der Waals surface area contributed by atoms with Gasteiger partial charge in [0.05, 0.1) is 12.1 Å². The van der Waals surface area contributed by atoms with Crippen LogP contribution in [0.5, 0.6) is 0 Å².